The summed E-state index contributed by atoms with van der Waals surface area (Å²) in [4.78, 5) is 18.6. The lowest BCUT2D eigenvalue weighted by atomic mass is 10.2. The van der Waals surface area contributed by atoms with Gasteiger partial charge in [-0.05, 0) is 24.3 Å². The Morgan fingerprint density at radius 3 is 2.75 bits per heavy atom. The van der Waals surface area contributed by atoms with Gasteiger partial charge < -0.3 is 9.97 Å². The van der Waals surface area contributed by atoms with Crippen molar-refractivity contribution in [3.8, 4) is 0 Å². The molecule has 0 aliphatic carbocycles. The van der Waals surface area contributed by atoms with Crippen LogP contribution in [0.5, 0.6) is 0 Å². The molecule has 3 N–H and O–H groups in total. The lowest BCUT2D eigenvalue weighted by Gasteiger charge is -1.98. The van der Waals surface area contributed by atoms with Crippen molar-refractivity contribution in [3.05, 3.63) is 70.5 Å². The lowest BCUT2D eigenvalue weighted by Crippen LogP contribution is -2.17. The molecule has 0 fully saturated rings. The molecule has 118 valence electrons. The number of carbonyl (C=O) groups is 1. The van der Waals surface area contributed by atoms with Gasteiger partial charge in [0.1, 0.15) is 0 Å². The highest BCUT2D eigenvalue weighted by Gasteiger charge is 2.10. The second-order valence-electron chi connectivity index (χ2n) is 5.38. The van der Waals surface area contributed by atoms with E-state index in [-0.39, 0.29) is 5.91 Å². The highest BCUT2D eigenvalue weighted by Crippen LogP contribution is 2.21. The average Bonchev–Trinajstić information content (AvgIpc) is 3.19. The van der Waals surface area contributed by atoms with Crippen molar-refractivity contribution in [1.82, 2.24) is 15.4 Å². The van der Waals surface area contributed by atoms with Crippen molar-refractivity contribution >= 4 is 49.9 Å². The molecule has 0 bridgehead atoms. The van der Waals surface area contributed by atoms with Crippen LogP contribution in [0.3, 0.4) is 0 Å². The number of para-hydroxylation sites is 1. The standard InChI is InChI=1S/C18H13BrN4O/c19-12-5-6-17-14(7-12)11(8-20-17)9-22-23-18(24)15-10-21-16-4-2-1-3-13(15)16/h1-10,20-21H,(H,23,24)/b22-9+. The molecular formula is C18H13BrN4O. The van der Waals surface area contributed by atoms with Gasteiger partial charge in [0.25, 0.3) is 5.91 Å². The van der Waals surface area contributed by atoms with Gasteiger partial charge in [-0.25, -0.2) is 5.43 Å². The minimum Gasteiger partial charge on any atom is -0.361 e. The summed E-state index contributed by atoms with van der Waals surface area (Å²) < 4.78 is 0.993. The van der Waals surface area contributed by atoms with E-state index in [0.29, 0.717) is 5.56 Å². The summed E-state index contributed by atoms with van der Waals surface area (Å²) in [6.45, 7) is 0. The maximum Gasteiger partial charge on any atom is 0.273 e. The fraction of sp³-hybridized carbons (Fsp3) is 0. The van der Waals surface area contributed by atoms with E-state index in [9.17, 15) is 4.79 Å². The first kappa shape index (κ1) is 14.7. The molecule has 4 rings (SSSR count). The van der Waals surface area contributed by atoms with E-state index < -0.39 is 0 Å². The number of nitrogens with one attached hydrogen (secondary N) is 3. The fourth-order valence-electron chi connectivity index (χ4n) is 2.70. The summed E-state index contributed by atoms with van der Waals surface area (Å²) in [5, 5.41) is 6.00. The number of hydrogen-bond acceptors (Lipinski definition) is 2. The van der Waals surface area contributed by atoms with Gasteiger partial charge in [-0.3, -0.25) is 4.79 Å². The molecule has 0 aliphatic heterocycles. The molecule has 4 aromatic rings. The van der Waals surface area contributed by atoms with Crippen molar-refractivity contribution in [3.63, 3.8) is 0 Å². The number of hydrogen-bond donors (Lipinski definition) is 3. The van der Waals surface area contributed by atoms with Crippen LogP contribution in [-0.4, -0.2) is 22.1 Å². The second-order valence-corrected chi connectivity index (χ2v) is 6.30. The van der Waals surface area contributed by atoms with E-state index in [1.54, 1.807) is 12.4 Å². The smallest absolute Gasteiger partial charge is 0.273 e. The Morgan fingerprint density at radius 1 is 1.04 bits per heavy atom. The molecule has 0 saturated heterocycles. The summed E-state index contributed by atoms with van der Waals surface area (Å²) >= 11 is 3.46. The number of halogens is 1. The Kier molecular flexibility index (Phi) is 3.66. The summed E-state index contributed by atoms with van der Waals surface area (Å²) in [5.74, 6) is -0.246. The minimum absolute atomic E-state index is 0.246. The molecule has 0 radical (unpaired) electrons. The first-order chi connectivity index (χ1) is 11.7. The number of carbonyl (C=O) groups excluding carboxylic acids is 1. The maximum absolute atomic E-state index is 12.3. The number of hydrazone groups is 1. The van der Waals surface area contributed by atoms with Gasteiger partial charge in [-0.2, -0.15) is 5.10 Å². The molecule has 0 aliphatic rings. The van der Waals surface area contributed by atoms with Crippen molar-refractivity contribution in [2.24, 2.45) is 5.10 Å². The zero-order valence-corrected chi connectivity index (χ0v) is 14.1. The average molecular weight is 381 g/mol. The van der Waals surface area contributed by atoms with Crippen molar-refractivity contribution in [2.45, 2.75) is 0 Å². The number of amides is 1. The van der Waals surface area contributed by atoms with Gasteiger partial charge in [-0.1, -0.05) is 34.1 Å². The van der Waals surface area contributed by atoms with Crippen LogP contribution in [0.1, 0.15) is 15.9 Å². The molecule has 0 saturated carbocycles. The third-order valence-corrected chi connectivity index (χ3v) is 4.37. The molecule has 2 aromatic heterocycles. The first-order valence-corrected chi connectivity index (χ1v) is 8.18. The van der Waals surface area contributed by atoms with Crippen LogP contribution in [0.2, 0.25) is 0 Å². The van der Waals surface area contributed by atoms with Crippen LogP contribution < -0.4 is 5.43 Å². The van der Waals surface area contributed by atoms with E-state index in [4.69, 9.17) is 0 Å². The van der Waals surface area contributed by atoms with Crippen molar-refractivity contribution in [1.29, 1.82) is 0 Å². The molecular weight excluding hydrogens is 368 g/mol. The van der Waals surface area contributed by atoms with Crippen LogP contribution in [-0.2, 0) is 0 Å². The predicted molar refractivity (Wildman–Crippen MR) is 99.4 cm³/mol. The summed E-state index contributed by atoms with van der Waals surface area (Å²) in [5.41, 5.74) is 6.00. The Bertz CT molecular complexity index is 1080. The zero-order chi connectivity index (χ0) is 16.5. The molecule has 0 spiro atoms. The largest absolute Gasteiger partial charge is 0.361 e. The number of fused-ring (bicyclic) bond motifs is 2. The number of benzene rings is 2. The second kappa shape index (κ2) is 5.98. The number of rotatable bonds is 3. The van der Waals surface area contributed by atoms with Gasteiger partial charge in [0, 0.05) is 44.2 Å². The minimum atomic E-state index is -0.246. The Hall–Kier alpha value is -2.86. The van der Waals surface area contributed by atoms with E-state index in [0.717, 1.165) is 31.8 Å². The summed E-state index contributed by atoms with van der Waals surface area (Å²) in [6.07, 6.45) is 5.19. The molecule has 6 heteroatoms. The quantitative estimate of drug-likeness (QED) is 0.362. The number of nitrogens with zero attached hydrogens (tertiary/aromatic N) is 1. The zero-order valence-electron chi connectivity index (χ0n) is 12.5. The van der Waals surface area contributed by atoms with Crippen molar-refractivity contribution < 1.29 is 4.79 Å². The van der Waals surface area contributed by atoms with E-state index in [1.807, 2.05) is 48.7 Å². The normalized spacial score (nSPS) is 11.5. The monoisotopic (exact) mass is 380 g/mol. The molecule has 0 unspecified atom stereocenters. The molecule has 1 amide bonds. The van der Waals surface area contributed by atoms with Crippen molar-refractivity contribution in [2.75, 3.05) is 0 Å². The molecule has 2 heterocycles. The van der Waals surface area contributed by atoms with Crippen LogP contribution in [0.15, 0.2) is 64.4 Å². The Morgan fingerprint density at radius 2 is 1.83 bits per heavy atom. The molecule has 24 heavy (non-hydrogen) atoms. The van der Waals surface area contributed by atoms with Gasteiger partial charge in [0.2, 0.25) is 0 Å². The van der Waals surface area contributed by atoms with Gasteiger partial charge in [0.05, 0.1) is 11.8 Å². The SMILES string of the molecule is O=C(N/N=C/c1c[nH]c2ccc(Br)cc12)c1c[nH]c2ccccc12. The first-order valence-electron chi connectivity index (χ1n) is 7.38. The molecule has 0 atom stereocenters. The lowest BCUT2D eigenvalue weighted by molar-refractivity contribution is 0.0957. The molecule has 5 nitrogen and oxygen atoms in total. The van der Waals surface area contributed by atoms with Crippen LogP contribution in [0.25, 0.3) is 21.8 Å². The van der Waals surface area contributed by atoms with Crippen LogP contribution in [0, 0.1) is 0 Å². The van der Waals surface area contributed by atoms with E-state index >= 15 is 0 Å². The summed E-state index contributed by atoms with van der Waals surface area (Å²) in [7, 11) is 0. The highest BCUT2D eigenvalue weighted by atomic mass is 79.9. The molecule has 2 aromatic carbocycles. The highest BCUT2D eigenvalue weighted by molar-refractivity contribution is 9.10. The number of aromatic nitrogens is 2. The Balaban J connectivity index is 1.56. The van der Waals surface area contributed by atoms with Gasteiger partial charge >= 0.3 is 0 Å². The van der Waals surface area contributed by atoms with Crippen LogP contribution in [0.4, 0.5) is 0 Å². The Labute approximate surface area is 145 Å². The van der Waals surface area contributed by atoms with E-state index in [1.165, 1.54) is 0 Å². The topological polar surface area (TPSA) is 73.0 Å². The third-order valence-electron chi connectivity index (χ3n) is 3.88. The van der Waals surface area contributed by atoms with E-state index in [2.05, 4.69) is 36.4 Å². The third kappa shape index (κ3) is 2.61. The fourth-order valence-corrected chi connectivity index (χ4v) is 3.06. The van der Waals surface area contributed by atoms with Crippen LogP contribution >= 0.6 is 15.9 Å². The maximum atomic E-state index is 12.3. The predicted octanol–water partition coefficient (Wildman–Crippen LogP) is 4.18. The number of aromatic amines is 2. The number of H-pyrrole nitrogens is 2. The van der Waals surface area contributed by atoms with Gasteiger partial charge in [0.15, 0.2) is 0 Å². The summed E-state index contributed by atoms with van der Waals surface area (Å²) in [6, 6.07) is 13.6. The van der Waals surface area contributed by atoms with Gasteiger partial charge in [-0.15, -0.1) is 0 Å².